The van der Waals surface area contributed by atoms with Gasteiger partial charge in [-0.1, -0.05) is 52.5 Å². The van der Waals surface area contributed by atoms with E-state index in [1.165, 1.54) is 6.42 Å². The molecule has 25 heavy (non-hydrogen) atoms. The molecule has 0 saturated heterocycles. The van der Waals surface area contributed by atoms with Gasteiger partial charge in [-0.3, -0.25) is 4.79 Å². The third-order valence-electron chi connectivity index (χ3n) is 4.76. The lowest BCUT2D eigenvalue weighted by Gasteiger charge is -2.26. The molecule has 0 N–H and O–H groups in total. The van der Waals surface area contributed by atoms with Crippen LogP contribution in [0.4, 0.5) is 0 Å². The quantitative estimate of drug-likeness (QED) is 0.308. The lowest BCUT2D eigenvalue weighted by atomic mass is 9.81. The Morgan fingerprint density at radius 3 is 2.00 bits per heavy atom. The Balaban J connectivity index is 3.03. The maximum absolute atomic E-state index is 12.8. The Morgan fingerprint density at radius 2 is 1.48 bits per heavy atom. The highest BCUT2D eigenvalue weighted by Crippen LogP contribution is 2.33. The molecule has 0 aromatic carbocycles. The molecule has 1 atom stereocenters. The van der Waals surface area contributed by atoms with Crippen LogP contribution in [-0.4, -0.2) is 25.2 Å². The van der Waals surface area contributed by atoms with Crippen LogP contribution in [0.15, 0.2) is 11.1 Å². The Bertz CT molecular complexity index is 443. The highest BCUT2D eigenvalue weighted by Gasteiger charge is 2.35. The minimum absolute atomic E-state index is 0.0114. The van der Waals surface area contributed by atoms with E-state index in [2.05, 4.69) is 13.8 Å². The molecule has 1 aliphatic carbocycles. The first-order valence-corrected chi connectivity index (χ1v) is 10.1. The van der Waals surface area contributed by atoms with Crippen molar-refractivity contribution in [2.24, 2.45) is 11.8 Å². The number of ether oxygens (including phenoxy) is 2. The molecule has 0 aromatic rings. The van der Waals surface area contributed by atoms with Crippen molar-refractivity contribution in [1.29, 1.82) is 0 Å². The summed E-state index contributed by atoms with van der Waals surface area (Å²) in [6.45, 7) is 8.93. The zero-order chi connectivity index (χ0) is 18.7. The maximum atomic E-state index is 12.8. The predicted molar refractivity (Wildman–Crippen MR) is 100 cm³/mol. The minimum Gasteiger partial charge on any atom is -0.465 e. The monoisotopic (exact) mass is 352 g/mol. The standard InChI is InChI=1S/C21H36O4/c1-5-7-14-24-20(22)18(16(3)4)19(17-12-10-9-11-13-17)21(23)25-15-8-6-2/h16,18H,5-15H2,1-4H3. The minimum atomic E-state index is -0.515. The van der Waals surface area contributed by atoms with Crippen LogP contribution < -0.4 is 0 Å². The molecule has 0 aliphatic heterocycles. The third-order valence-corrected chi connectivity index (χ3v) is 4.76. The van der Waals surface area contributed by atoms with Gasteiger partial charge in [0, 0.05) is 0 Å². The highest BCUT2D eigenvalue weighted by atomic mass is 16.5. The van der Waals surface area contributed by atoms with Gasteiger partial charge in [0.25, 0.3) is 0 Å². The van der Waals surface area contributed by atoms with Crippen LogP contribution in [0.3, 0.4) is 0 Å². The molecule has 0 radical (unpaired) electrons. The van der Waals surface area contributed by atoms with Crippen LogP contribution in [0.25, 0.3) is 0 Å². The average molecular weight is 353 g/mol. The zero-order valence-electron chi connectivity index (χ0n) is 16.6. The lowest BCUT2D eigenvalue weighted by Crippen LogP contribution is -2.31. The van der Waals surface area contributed by atoms with Gasteiger partial charge in [0.15, 0.2) is 0 Å². The van der Waals surface area contributed by atoms with Crippen LogP contribution in [0.2, 0.25) is 0 Å². The molecule has 0 heterocycles. The van der Waals surface area contributed by atoms with Gasteiger partial charge in [-0.2, -0.15) is 0 Å². The SMILES string of the molecule is CCCCOC(=O)C(=C1CCCCC1)C(C(=O)OCCCC)C(C)C. The van der Waals surface area contributed by atoms with Gasteiger partial charge in [0.1, 0.15) is 0 Å². The maximum Gasteiger partial charge on any atom is 0.334 e. The van der Waals surface area contributed by atoms with E-state index >= 15 is 0 Å². The lowest BCUT2D eigenvalue weighted by molar-refractivity contribution is -0.152. The second-order valence-corrected chi connectivity index (χ2v) is 7.31. The third kappa shape index (κ3) is 7.21. The van der Waals surface area contributed by atoms with Crippen LogP contribution in [0.1, 0.15) is 85.5 Å². The van der Waals surface area contributed by atoms with E-state index in [9.17, 15) is 9.59 Å². The van der Waals surface area contributed by atoms with Gasteiger partial charge in [-0.25, -0.2) is 4.79 Å². The fourth-order valence-corrected chi connectivity index (χ4v) is 3.26. The van der Waals surface area contributed by atoms with Gasteiger partial charge in [-0.05, 0) is 44.4 Å². The molecule has 0 amide bonds. The molecule has 1 saturated carbocycles. The Hall–Kier alpha value is -1.32. The number of carbonyl (C=O) groups is 2. The second-order valence-electron chi connectivity index (χ2n) is 7.31. The first-order chi connectivity index (χ1) is 12.0. The fourth-order valence-electron chi connectivity index (χ4n) is 3.26. The Labute approximate surface area is 153 Å². The topological polar surface area (TPSA) is 52.6 Å². The van der Waals surface area contributed by atoms with Crippen molar-refractivity contribution in [1.82, 2.24) is 0 Å². The number of hydrogen-bond acceptors (Lipinski definition) is 4. The van der Waals surface area contributed by atoms with Crippen molar-refractivity contribution in [2.45, 2.75) is 85.5 Å². The summed E-state index contributed by atoms with van der Waals surface area (Å²) in [4.78, 5) is 25.5. The molecule has 0 spiro atoms. The van der Waals surface area contributed by atoms with Crippen LogP contribution in [0.5, 0.6) is 0 Å². The van der Waals surface area contributed by atoms with Gasteiger partial charge < -0.3 is 9.47 Å². The highest BCUT2D eigenvalue weighted by molar-refractivity contribution is 5.96. The number of unbranched alkanes of at least 4 members (excludes halogenated alkanes) is 2. The summed E-state index contributed by atoms with van der Waals surface area (Å²) >= 11 is 0. The number of hydrogen-bond donors (Lipinski definition) is 0. The Morgan fingerprint density at radius 1 is 0.920 bits per heavy atom. The molecule has 1 rings (SSSR count). The number of allylic oxidation sites excluding steroid dienone is 1. The van der Waals surface area contributed by atoms with Gasteiger partial charge in [-0.15, -0.1) is 0 Å². The average Bonchev–Trinajstić information content (AvgIpc) is 2.60. The van der Waals surface area contributed by atoms with Crippen molar-refractivity contribution in [2.75, 3.05) is 13.2 Å². The first kappa shape index (κ1) is 21.7. The van der Waals surface area contributed by atoms with E-state index < -0.39 is 5.92 Å². The van der Waals surface area contributed by atoms with Gasteiger partial charge in [0.05, 0.1) is 24.7 Å². The summed E-state index contributed by atoms with van der Waals surface area (Å²) in [6, 6.07) is 0. The van der Waals surface area contributed by atoms with Crippen molar-refractivity contribution < 1.29 is 19.1 Å². The smallest absolute Gasteiger partial charge is 0.334 e. The van der Waals surface area contributed by atoms with Crippen LogP contribution in [0, 0.1) is 11.8 Å². The molecular formula is C21H36O4. The summed E-state index contributed by atoms with van der Waals surface area (Å²) in [5.41, 5.74) is 1.70. The first-order valence-electron chi connectivity index (χ1n) is 10.1. The molecule has 1 unspecified atom stereocenters. The van der Waals surface area contributed by atoms with E-state index in [-0.39, 0.29) is 17.9 Å². The summed E-state index contributed by atoms with van der Waals surface area (Å²) in [6.07, 6.45) is 8.79. The molecule has 4 heteroatoms. The second kappa shape index (κ2) is 12.1. The van der Waals surface area contributed by atoms with Crippen molar-refractivity contribution in [3.05, 3.63) is 11.1 Å². The normalized spacial score (nSPS) is 15.8. The molecule has 1 fully saturated rings. The summed E-state index contributed by atoms with van der Waals surface area (Å²) in [5, 5.41) is 0. The molecule has 144 valence electrons. The van der Waals surface area contributed by atoms with Crippen molar-refractivity contribution in [3.63, 3.8) is 0 Å². The van der Waals surface area contributed by atoms with Crippen molar-refractivity contribution in [3.8, 4) is 0 Å². The van der Waals surface area contributed by atoms with Crippen molar-refractivity contribution >= 4 is 11.9 Å². The largest absolute Gasteiger partial charge is 0.465 e. The van der Waals surface area contributed by atoms with Crippen LogP contribution in [-0.2, 0) is 19.1 Å². The number of rotatable bonds is 10. The molecule has 4 nitrogen and oxygen atoms in total. The molecular weight excluding hydrogens is 316 g/mol. The number of carbonyl (C=O) groups excluding carboxylic acids is 2. The van der Waals surface area contributed by atoms with E-state index in [1.54, 1.807) is 0 Å². The predicted octanol–water partition coefficient (Wildman–Crippen LogP) is 5.21. The molecule has 0 aromatic heterocycles. The molecule has 0 bridgehead atoms. The number of esters is 2. The fraction of sp³-hybridized carbons (Fsp3) is 0.810. The van der Waals surface area contributed by atoms with Gasteiger partial charge >= 0.3 is 11.9 Å². The summed E-state index contributed by atoms with van der Waals surface area (Å²) in [5.74, 6) is -1.09. The van der Waals surface area contributed by atoms with E-state index in [0.29, 0.717) is 18.8 Å². The zero-order valence-corrected chi connectivity index (χ0v) is 16.6. The van der Waals surface area contributed by atoms with E-state index in [1.807, 2.05) is 13.8 Å². The summed E-state index contributed by atoms with van der Waals surface area (Å²) in [7, 11) is 0. The van der Waals surface area contributed by atoms with E-state index in [0.717, 1.165) is 56.9 Å². The van der Waals surface area contributed by atoms with E-state index in [4.69, 9.17) is 9.47 Å². The summed E-state index contributed by atoms with van der Waals surface area (Å²) < 4.78 is 11.0. The van der Waals surface area contributed by atoms with Gasteiger partial charge in [0.2, 0.25) is 0 Å². The Kier molecular flexibility index (Phi) is 10.5. The molecule has 1 aliphatic rings. The van der Waals surface area contributed by atoms with Crippen LogP contribution >= 0.6 is 0 Å².